The number of fused-ring (bicyclic) bond motifs is 10. The molecule has 0 bridgehead atoms. The molecule has 0 aliphatic carbocycles. The Morgan fingerprint density at radius 1 is 0.529 bits per heavy atom. The van der Waals surface area contributed by atoms with E-state index < -0.39 is 30.2 Å². The van der Waals surface area contributed by atoms with Crippen LogP contribution < -0.4 is 0 Å². The predicted octanol–water partition coefficient (Wildman–Crippen LogP) is 12.2. The van der Waals surface area contributed by atoms with E-state index in [-0.39, 0.29) is 23.2 Å². The first-order valence-corrected chi connectivity index (χ1v) is 17.4. The Balaban J connectivity index is 1.23. The van der Waals surface area contributed by atoms with E-state index in [4.69, 9.17) is 26.2 Å². The number of hydrogen-bond acceptors (Lipinski definition) is 5. The maximum atomic E-state index is 8.90. The van der Waals surface area contributed by atoms with Gasteiger partial charge in [0.1, 0.15) is 11.2 Å². The summed E-state index contributed by atoms with van der Waals surface area (Å²) in [6.45, 7) is 0. The van der Waals surface area contributed by atoms with E-state index in [9.17, 15) is 0 Å². The highest BCUT2D eigenvalue weighted by Crippen LogP contribution is 2.43. The van der Waals surface area contributed by atoms with Gasteiger partial charge in [-0.05, 0) is 47.5 Å². The molecule has 0 fully saturated rings. The van der Waals surface area contributed by atoms with Crippen LogP contribution in [0.1, 0.15) is 6.85 Å². The molecule has 51 heavy (non-hydrogen) atoms. The van der Waals surface area contributed by atoms with Crippen molar-refractivity contribution >= 4 is 75.3 Å². The van der Waals surface area contributed by atoms with Crippen molar-refractivity contribution in [2.75, 3.05) is 0 Å². The van der Waals surface area contributed by atoms with Gasteiger partial charge in [0, 0.05) is 52.8 Å². The average molecular weight is 676 g/mol. The largest absolute Gasteiger partial charge is 0.456 e. The maximum absolute atomic E-state index is 8.90. The predicted molar refractivity (Wildman–Crippen MR) is 211 cm³/mol. The van der Waals surface area contributed by atoms with Crippen LogP contribution in [0.2, 0.25) is 0 Å². The van der Waals surface area contributed by atoms with Crippen LogP contribution >= 0.6 is 11.3 Å². The molecule has 0 aliphatic rings. The summed E-state index contributed by atoms with van der Waals surface area (Å²) in [7, 11) is 0. The summed E-state index contributed by atoms with van der Waals surface area (Å²) >= 11 is 1.72. The molecule has 11 rings (SSSR count). The summed E-state index contributed by atoms with van der Waals surface area (Å²) in [6.07, 6.45) is 0. The van der Waals surface area contributed by atoms with Crippen LogP contribution in [0.15, 0.2) is 162 Å². The Kier molecular flexibility index (Phi) is 5.08. The van der Waals surface area contributed by atoms with Gasteiger partial charge in [0.05, 0.1) is 17.9 Å². The number of rotatable bonds is 4. The molecule has 4 aromatic heterocycles. The molecule has 0 unspecified atom stereocenters. The van der Waals surface area contributed by atoms with Crippen molar-refractivity contribution in [1.82, 2.24) is 19.5 Å². The second-order valence-electron chi connectivity index (χ2n) is 12.4. The van der Waals surface area contributed by atoms with E-state index in [0.717, 1.165) is 69.5 Å². The third kappa shape index (κ3) is 4.30. The number of benzene rings is 7. The first kappa shape index (κ1) is 23.7. The maximum Gasteiger partial charge on any atom is 0.238 e. The zero-order valence-electron chi connectivity index (χ0n) is 31.7. The van der Waals surface area contributed by atoms with E-state index >= 15 is 0 Å². The molecule has 0 saturated heterocycles. The molecule has 0 amide bonds. The Labute approximate surface area is 302 Å². The molecular weight excluding hydrogens is 645 g/mol. The van der Waals surface area contributed by atoms with Gasteiger partial charge < -0.3 is 4.42 Å². The van der Waals surface area contributed by atoms with Gasteiger partial charge in [0.2, 0.25) is 5.95 Å². The molecule has 0 atom stereocenters. The highest BCUT2D eigenvalue weighted by molar-refractivity contribution is 7.26. The number of nitrogens with zero attached hydrogens (tertiary/aromatic N) is 4. The number of thiophene rings is 1. The van der Waals surface area contributed by atoms with Crippen LogP contribution in [0.3, 0.4) is 0 Å². The average Bonchev–Trinajstić information content (AvgIpc) is 3.91. The van der Waals surface area contributed by atoms with Crippen LogP contribution in [0.5, 0.6) is 0 Å². The molecule has 7 aromatic carbocycles. The normalized spacial score (nSPS) is 13.3. The van der Waals surface area contributed by atoms with Gasteiger partial charge >= 0.3 is 0 Å². The first-order chi connectivity index (χ1) is 27.4. The Bertz CT molecular complexity index is 3420. The van der Waals surface area contributed by atoms with Gasteiger partial charge in [-0.2, -0.15) is 9.97 Å². The first-order valence-electron chi connectivity index (χ1n) is 19.0. The molecular formula is C45H26N4OS. The second kappa shape index (κ2) is 10.9. The quantitative estimate of drug-likeness (QED) is 0.186. The smallest absolute Gasteiger partial charge is 0.238 e. The lowest BCUT2D eigenvalue weighted by Crippen LogP contribution is -2.06. The third-order valence-corrected chi connectivity index (χ3v) is 10.7. The highest BCUT2D eigenvalue weighted by Gasteiger charge is 2.22. The van der Waals surface area contributed by atoms with Crippen molar-refractivity contribution in [3.05, 3.63) is 158 Å². The summed E-state index contributed by atoms with van der Waals surface area (Å²) in [5.74, 6) is 0.476. The summed E-state index contributed by atoms with van der Waals surface area (Å²) in [5, 5.41) is 6.10. The van der Waals surface area contributed by atoms with Crippen molar-refractivity contribution in [2.24, 2.45) is 0 Å². The molecule has 0 saturated carbocycles. The number of hydrogen-bond donors (Lipinski definition) is 0. The monoisotopic (exact) mass is 675 g/mol. The minimum absolute atomic E-state index is 0.0358. The summed E-state index contributed by atoms with van der Waals surface area (Å²) in [5.41, 5.74) is 5.78. The molecule has 0 aliphatic heterocycles. The summed E-state index contributed by atoms with van der Waals surface area (Å²) in [6, 6.07) is 40.5. The minimum atomic E-state index is -0.488. The summed E-state index contributed by atoms with van der Waals surface area (Å²) in [4.78, 5) is 15.0. The number of para-hydroxylation sites is 1. The van der Waals surface area contributed by atoms with Crippen molar-refractivity contribution in [2.45, 2.75) is 0 Å². The fourth-order valence-corrected chi connectivity index (χ4v) is 8.47. The SMILES string of the molecule is [2H]c1c([2H])c([2H])c(-c2nc(-c3ccc4c(c3)oc3cccc(-c5ccccc5)c34)nc(-n3c4ccccc4c4ccc5sc6ccccc6c5c43)n2)c([2H])c1[2H]. The van der Waals surface area contributed by atoms with Gasteiger partial charge in [-0.1, -0.05) is 121 Å². The summed E-state index contributed by atoms with van der Waals surface area (Å²) < 4.78 is 53.8. The minimum Gasteiger partial charge on any atom is -0.456 e. The Hall–Kier alpha value is -6.63. The fraction of sp³-hybridized carbons (Fsp3) is 0. The van der Waals surface area contributed by atoms with E-state index in [1.807, 2.05) is 83.4 Å². The van der Waals surface area contributed by atoms with Crippen molar-refractivity contribution in [3.8, 4) is 39.9 Å². The van der Waals surface area contributed by atoms with E-state index in [1.54, 1.807) is 11.3 Å². The standard InChI is InChI=1S/C45H26N4OS/c1-3-12-27(13-4-1)30-18-11-20-36-40(30)33-23-22-29(26-37(33)50-36)44-46-43(28-14-5-2-6-15-28)47-45(48-44)49-35-19-9-7-16-31(35)32-24-25-39-41(42(32)49)34-17-8-10-21-38(34)51-39/h1-26H/i2D,5D,6D,14D,15D. The van der Waals surface area contributed by atoms with Gasteiger partial charge in [0.15, 0.2) is 11.6 Å². The molecule has 6 heteroatoms. The molecule has 5 nitrogen and oxygen atoms in total. The third-order valence-electron chi connectivity index (χ3n) is 9.56. The van der Waals surface area contributed by atoms with Crippen molar-refractivity contribution in [3.63, 3.8) is 0 Å². The molecule has 4 heterocycles. The van der Waals surface area contributed by atoms with Crippen LogP contribution in [-0.2, 0) is 0 Å². The Morgan fingerprint density at radius 3 is 2.18 bits per heavy atom. The second-order valence-corrected chi connectivity index (χ2v) is 13.5. The lowest BCUT2D eigenvalue weighted by atomic mass is 9.99. The van der Waals surface area contributed by atoms with Crippen LogP contribution in [0, 0.1) is 0 Å². The van der Waals surface area contributed by atoms with Gasteiger partial charge in [-0.25, -0.2) is 4.98 Å². The highest BCUT2D eigenvalue weighted by atomic mass is 32.1. The van der Waals surface area contributed by atoms with E-state index in [0.29, 0.717) is 11.1 Å². The zero-order chi connectivity index (χ0) is 37.8. The fourth-order valence-electron chi connectivity index (χ4n) is 7.36. The van der Waals surface area contributed by atoms with Gasteiger partial charge in [-0.3, -0.25) is 4.57 Å². The van der Waals surface area contributed by atoms with Crippen molar-refractivity contribution < 1.29 is 11.3 Å². The molecule has 0 N–H and O–H groups in total. The van der Waals surface area contributed by atoms with Gasteiger partial charge in [0.25, 0.3) is 0 Å². The lowest BCUT2D eigenvalue weighted by molar-refractivity contribution is 0.669. The lowest BCUT2D eigenvalue weighted by Gasteiger charge is -2.11. The van der Waals surface area contributed by atoms with E-state index in [1.165, 1.54) is 0 Å². The number of furan rings is 1. The van der Waals surface area contributed by atoms with Crippen molar-refractivity contribution in [1.29, 1.82) is 0 Å². The Morgan fingerprint density at radius 2 is 1.29 bits per heavy atom. The van der Waals surface area contributed by atoms with Gasteiger partial charge in [-0.15, -0.1) is 11.3 Å². The van der Waals surface area contributed by atoms with E-state index in [2.05, 4.69) is 48.5 Å². The number of aromatic nitrogens is 4. The van der Waals surface area contributed by atoms with Crippen LogP contribution in [0.25, 0.3) is 104 Å². The molecule has 11 aromatic rings. The molecule has 0 spiro atoms. The van der Waals surface area contributed by atoms with Crippen LogP contribution in [-0.4, -0.2) is 19.5 Å². The van der Waals surface area contributed by atoms with Crippen LogP contribution in [0.4, 0.5) is 0 Å². The zero-order valence-corrected chi connectivity index (χ0v) is 27.5. The topological polar surface area (TPSA) is 56.7 Å². The molecule has 238 valence electrons. The molecule has 0 radical (unpaired) electrons.